The van der Waals surface area contributed by atoms with Crippen LogP contribution >= 0.6 is 23.5 Å². The van der Waals surface area contributed by atoms with Crippen LogP contribution in [0.2, 0.25) is 0 Å². The smallest absolute Gasteiger partial charge is 0.234 e. The minimum Gasteiger partial charge on any atom is -0.284 e. The zero-order chi connectivity index (χ0) is 23.1. The highest BCUT2D eigenvalue weighted by Crippen LogP contribution is 2.68. The molecule has 4 aliphatic carbocycles. The summed E-state index contributed by atoms with van der Waals surface area (Å²) >= 11 is 3.81. The van der Waals surface area contributed by atoms with Crippen molar-refractivity contribution in [2.45, 2.75) is 0 Å². The van der Waals surface area contributed by atoms with Gasteiger partial charge >= 0.3 is 0 Å². The average molecular weight is 503 g/mol. The number of carbonyl (C=O) groups excluding carboxylic acids is 4. The Balaban J connectivity index is 1.13. The second kappa shape index (κ2) is 8.08. The molecule has 0 unspecified atom stereocenters. The molecule has 0 N–H and O–H groups in total. The lowest BCUT2D eigenvalue weighted by Gasteiger charge is -2.60. The summed E-state index contributed by atoms with van der Waals surface area (Å²) in [5, 5.41) is 0. The van der Waals surface area contributed by atoms with E-state index in [-0.39, 0.29) is 71.0 Å². The summed E-state index contributed by atoms with van der Waals surface area (Å²) < 4.78 is 0. The largest absolute Gasteiger partial charge is 0.284 e. The predicted molar refractivity (Wildman–Crippen MR) is 128 cm³/mol. The maximum absolute atomic E-state index is 13.5. The molecule has 10 heteroatoms. The highest BCUT2D eigenvalue weighted by Gasteiger charge is 2.75. The molecule has 0 aromatic rings. The van der Waals surface area contributed by atoms with Gasteiger partial charge in [0.15, 0.2) is 0 Å². The number of amides is 4. The molecule has 4 heterocycles. The van der Waals surface area contributed by atoms with E-state index in [2.05, 4.69) is 22.0 Å². The van der Waals surface area contributed by atoms with E-state index >= 15 is 0 Å². The number of carbonyl (C=O) groups is 4. The first-order valence-electron chi connectivity index (χ1n) is 12.6. The highest BCUT2D eigenvalue weighted by molar-refractivity contribution is 7.99. The zero-order valence-corrected chi connectivity index (χ0v) is 20.7. The van der Waals surface area contributed by atoms with E-state index in [1.54, 1.807) is 0 Å². The van der Waals surface area contributed by atoms with Crippen molar-refractivity contribution in [1.29, 1.82) is 0 Å². The number of hydrogen-bond acceptors (Lipinski definition) is 8. The average Bonchev–Trinajstić information content (AvgIpc) is 3.21. The van der Waals surface area contributed by atoms with Gasteiger partial charge in [0.2, 0.25) is 23.6 Å². The van der Waals surface area contributed by atoms with Crippen molar-refractivity contribution in [1.82, 2.24) is 19.6 Å². The molecule has 0 spiro atoms. The van der Waals surface area contributed by atoms with Crippen LogP contribution < -0.4 is 0 Å². The van der Waals surface area contributed by atoms with Gasteiger partial charge in [0.1, 0.15) is 0 Å². The van der Waals surface area contributed by atoms with E-state index in [0.29, 0.717) is 13.3 Å². The Morgan fingerprint density at radius 1 is 0.588 bits per heavy atom. The lowest BCUT2D eigenvalue weighted by atomic mass is 9.40. The molecule has 2 saturated carbocycles. The fraction of sp³-hybridized carbons (Fsp3) is 0.750. The molecule has 182 valence electrons. The van der Waals surface area contributed by atoms with Crippen molar-refractivity contribution in [3.63, 3.8) is 0 Å². The number of nitrogens with zero attached hydrogens (tertiary/aromatic N) is 4. The second-order valence-corrected chi connectivity index (χ2v) is 13.2. The van der Waals surface area contributed by atoms with Crippen LogP contribution in [0.1, 0.15) is 0 Å². The predicted octanol–water partition coefficient (Wildman–Crippen LogP) is 0.263. The van der Waals surface area contributed by atoms with E-state index in [1.807, 2.05) is 23.5 Å². The Hall–Kier alpha value is -1.36. The molecule has 4 saturated heterocycles. The van der Waals surface area contributed by atoms with Gasteiger partial charge in [0.05, 0.1) is 37.0 Å². The second-order valence-electron chi connectivity index (χ2n) is 10.8. The van der Waals surface area contributed by atoms with Crippen LogP contribution in [0.3, 0.4) is 0 Å². The summed E-state index contributed by atoms with van der Waals surface area (Å²) in [4.78, 5) is 61.3. The molecule has 6 fully saturated rings. The molecule has 8 nitrogen and oxygen atoms in total. The van der Waals surface area contributed by atoms with E-state index < -0.39 is 0 Å². The Morgan fingerprint density at radius 3 is 1.32 bits per heavy atom. The normalized spacial score (nSPS) is 43.9. The lowest BCUT2D eigenvalue weighted by Crippen LogP contribution is -2.63. The number of fused-ring (bicyclic) bond motifs is 1. The summed E-state index contributed by atoms with van der Waals surface area (Å²) in [7, 11) is 0. The molecule has 0 radical (unpaired) electrons. The van der Waals surface area contributed by atoms with Crippen LogP contribution in [0.5, 0.6) is 0 Å². The molecule has 34 heavy (non-hydrogen) atoms. The number of thioether (sulfide) groups is 2. The first kappa shape index (κ1) is 21.9. The number of hydrogen-bond donors (Lipinski definition) is 0. The van der Waals surface area contributed by atoms with Gasteiger partial charge in [-0.05, 0) is 23.7 Å². The van der Waals surface area contributed by atoms with Crippen molar-refractivity contribution in [2.24, 2.45) is 47.3 Å². The summed E-state index contributed by atoms with van der Waals surface area (Å²) in [6.07, 6.45) is 4.19. The molecule has 0 aromatic heterocycles. The van der Waals surface area contributed by atoms with Gasteiger partial charge in [-0.1, -0.05) is 12.2 Å². The van der Waals surface area contributed by atoms with Crippen molar-refractivity contribution in [3.8, 4) is 0 Å². The standard InChI is InChI=1S/C24H30N4O4S2/c29-21-17-13-1-2-14(18(17)22(30)27(21)11-25-3-7-33-8-4-25)16-15(13)19-20(16)24(32)28(23(19)31)12-26-5-9-34-10-6-26/h1-2,13-20H,3-12H2/t13-,14-,15-,16-,17+,18+,19-,20-/m1/s1. The van der Waals surface area contributed by atoms with Crippen LogP contribution in [0.25, 0.3) is 0 Å². The monoisotopic (exact) mass is 502 g/mol. The fourth-order valence-electron chi connectivity index (χ4n) is 7.89. The van der Waals surface area contributed by atoms with Crippen LogP contribution in [0.4, 0.5) is 0 Å². The number of imide groups is 2. The van der Waals surface area contributed by atoms with Gasteiger partial charge in [0.25, 0.3) is 0 Å². The molecule has 0 aromatic carbocycles. The van der Waals surface area contributed by atoms with Crippen LogP contribution in [0.15, 0.2) is 12.2 Å². The Kier molecular flexibility index (Phi) is 5.20. The SMILES string of the molecule is O=C1[C@H]2[C@@H]3C=C[C@@H]([C@@H]2C(=O)N1CN1CCSCC1)[C@H]1[C@H]2C(=O)N(CN4CCSCC4)C(=O)[C@@H]2[C@H]31. The molecule has 8 atom stereocenters. The van der Waals surface area contributed by atoms with Crippen molar-refractivity contribution in [2.75, 3.05) is 62.5 Å². The molecule has 8 aliphatic rings. The summed E-state index contributed by atoms with van der Waals surface area (Å²) in [6.45, 7) is 4.36. The fourth-order valence-corrected chi connectivity index (χ4v) is 9.85. The third-order valence-corrected chi connectivity index (χ3v) is 11.3. The zero-order valence-electron chi connectivity index (χ0n) is 19.1. The van der Waals surface area contributed by atoms with E-state index in [1.165, 1.54) is 9.80 Å². The highest BCUT2D eigenvalue weighted by atomic mass is 32.2. The van der Waals surface area contributed by atoms with Gasteiger partial charge in [-0.2, -0.15) is 23.5 Å². The Bertz CT molecular complexity index is 922. The van der Waals surface area contributed by atoms with Gasteiger partial charge in [-0.25, -0.2) is 0 Å². The first-order valence-corrected chi connectivity index (χ1v) is 14.9. The van der Waals surface area contributed by atoms with Gasteiger partial charge in [-0.3, -0.25) is 38.8 Å². The van der Waals surface area contributed by atoms with E-state index in [4.69, 9.17) is 0 Å². The molecular formula is C24H30N4O4S2. The molecule has 2 bridgehead atoms. The van der Waals surface area contributed by atoms with Crippen molar-refractivity contribution in [3.05, 3.63) is 12.2 Å². The maximum atomic E-state index is 13.5. The lowest BCUT2D eigenvalue weighted by molar-refractivity contribution is -0.166. The number of likely N-dealkylation sites (tertiary alicyclic amines) is 2. The Labute approximate surface area is 207 Å². The molecular weight excluding hydrogens is 472 g/mol. The maximum Gasteiger partial charge on any atom is 0.234 e. The van der Waals surface area contributed by atoms with E-state index in [9.17, 15) is 19.2 Å². The van der Waals surface area contributed by atoms with Crippen LogP contribution in [-0.2, 0) is 19.2 Å². The third-order valence-electron chi connectivity index (χ3n) is 9.42. The van der Waals surface area contributed by atoms with Gasteiger partial charge < -0.3 is 0 Å². The topological polar surface area (TPSA) is 81.2 Å². The number of rotatable bonds is 4. The molecule has 4 aliphatic heterocycles. The molecule has 4 amide bonds. The summed E-state index contributed by atoms with van der Waals surface area (Å²) in [6, 6.07) is 0. The first-order chi connectivity index (χ1) is 16.6. The minimum atomic E-state index is -0.361. The summed E-state index contributed by atoms with van der Waals surface area (Å²) in [5.74, 6) is 2.36. The number of allylic oxidation sites excluding steroid dienone is 2. The minimum absolute atomic E-state index is 0.0164. The molecule has 8 rings (SSSR count). The van der Waals surface area contributed by atoms with Crippen molar-refractivity contribution >= 4 is 47.2 Å². The van der Waals surface area contributed by atoms with Crippen LogP contribution in [0, 0.1) is 47.3 Å². The van der Waals surface area contributed by atoms with Gasteiger partial charge in [0, 0.05) is 49.2 Å². The Morgan fingerprint density at radius 2 is 0.941 bits per heavy atom. The quantitative estimate of drug-likeness (QED) is 0.400. The van der Waals surface area contributed by atoms with Crippen LogP contribution in [-0.4, -0.2) is 106 Å². The van der Waals surface area contributed by atoms with E-state index in [0.717, 1.165) is 49.2 Å². The van der Waals surface area contributed by atoms with Gasteiger partial charge in [-0.15, -0.1) is 0 Å². The third kappa shape index (κ3) is 2.94. The summed E-state index contributed by atoms with van der Waals surface area (Å²) in [5.41, 5.74) is 0. The van der Waals surface area contributed by atoms with Crippen molar-refractivity contribution < 1.29 is 19.2 Å².